The third-order valence-electron chi connectivity index (χ3n) is 4.01. The van der Waals surface area contributed by atoms with Gasteiger partial charge in [0.2, 0.25) is 9.84 Å². The van der Waals surface area contributed by atoms with Crippen LogP contribution in [-0.2, 0) is 16.4 Å². The van der Waals surface area contributed by atoms with Gasteiger partial charge in [-0.15, -0.1) is 5.10 Å². The van der Waals surface area contributed by atoms with Gasteiger partial charge in [-0.3, -0.25) is 5.10 Å². The Morgan fingerprint density at radius 3 is 2.54 bits per heavy atom. The van der Waals surface area contributed by atoms with Gasteiger partial charge in [0.25, 0.3) is 5.16 Å². The van der Waals surface area contributed by atoms with Gasteiger partial charge in [0.1, 0.15) is 24.0 Å². The molecule has 0 amide bonds. The van der Waals surface area contributed by atoms with Gasteiger partial charge in [0.15, 0.2) is 5.82 Å². The van der Waals surface area contributed by atoms with Gasteiger partial charge in [0, 0.05) is 16.7 Å². The molecular formula is C18H16ClF2N3O3S. The highest BCUT2D eigenvalue weighted by Crippen LogP contribution is 2.32. The molecule has 0 aliphatic carbocycles. The van der Waals surface area contributed by atoms with Gasteiger partial charge >= 0.3 is 0 Å². The first-order valence-electron chi connectivity index (χ1n) is 8.29. The van der Waals surface area contributed by atoms with Crippen molar-refractivity contribution in [1.82, 2.24) is 15.2 Å². The molecule has 0 aliphatic rings. The van der Waals surface area contributed by atoms with Crippen LogP contribution in [0.5, 0.6) is 5.75 Å². The van der Waals surface area contributed by atoms with Crippen LogP contribution in [-0.4, -0.2) is 23.6 Å². The lowest BCUT2D eigenvalue weighted by Gasteiger charge is -2.14. The van der Waals surface area contributed by atoms with Crippen molar-refractivity contribution in [3.8, 4) is 5.75 Å². The summed E-state index contributed by atoms with van der Waals surface area (Å²) in [5, 5.41) is 5.08. The Labute approximate surface area is 165 Å². The average Bonchev–Trinajstić information content (AvgIpc) is 3.13. The Morgan fingerprint density at radius 2 is 1.89 bits per heavy atom. The Balaban J connectivity index is 1.80. The molecule has 3 aromatic rings. The zero-order valence-electron chi connectivity index (χ0n) is 14.7. The third-order valence-corrected chi connectivity index (χ3v) is 6.29. The Morgan fingerprint density at radius 1 is 1.18 bits per heavy atom. The summed E-state index contributed by atoms with van der Waals surface area (Å²) in [5.74, 6) is -1.02. The number of aromatic nitrogens is 3. The smallest absolute Gasteiger partial charge is 0.267 e. The van der Waals surface area contributed by atoms with Crippen molar-refractivity contribution in [2.45, 2.75) is 30.4 Å². The number of halogens is 3. The van der Waals surface area contributed by atoms with Crippen LogP contribution in [0.3, 0.4) is 0 Å². The predicted octanol–water partition coefficient (Wildman–Crippen LogP) is 4.24. The van der Waals surface area contributed by atoms with Crippen molar-refractivity contribution in [3.05, 3.63) is 70.5 Å². The van der Waals surface area contributed by atoms with E-state index in [9.17, 15) is 17.2 Å². The molecule has 28 heavy (non-hydrogen) atoms. The van der Waals surface area contributed by atoms with Gasteiger partial charge in [-0.05, 0) is 36.8 Å². The fraction of sp³-hybridized carbons (Fsp3) is 0.222. The number of ether oxygens (including phenoxy) is 1. The first kappa shape index (κ1) is 20.2. The lowest BCUT2D eigenvalue weighted by atomic mass is 10.1. The normalized spacial score (nSPS) is 12.7. The predicted molar refractivity (Wildman–Crippen MR) is 98.7 cm³/mol. The molecule has 1 atom stereocenters. The van der Waals surface area contributed by atoms with E-state index in [1.165, 1.54) is 0 Å². The van der Waals surface area contributed by atoms with Gasteiger partial charge in [-0.1, -0.05) is 24.6 Å². The summed E-state index contributed by atoms with van der Waals surface area (Å²) in [5.41, 5.74) is -0.132. The minimum absolute atomic E-state index is 0.0497. The molecular weight excluding hydrogens is 412 g/mol. The van der Waals surface area contributed by atoms with Crippen LogP contribution >= 0.6 is 11.6 Å². The van der Waals surface area contributed by atoms with Crippen LogP contribution < -0.4 is 4.74 Å². The van der Waals surface area contributed by atoms with Crippen molar-refractivity contribution in [1.29, 1.82) is 0 Å². The minimum Gasteiger partial charge on any atom is -0.486 e. The maximum absolute atomic E-state index is 14.1. The number of hydrogen-bond donors (Lipinski definition) is 1. The summed E-state index contributed by atoms with van der Waals surface area (Å²) < 4.78 is 58.5. The number of aromatic amines is 1. The van der Waals surface area contributed by atoms with Crippen LogP contribution in [0, 0.1) is 11.6 Å². The number of sulfone groups is 1. The van der Waals surface area contributed by atoms with Crippen LogP contribution in [0.25, 0.3) is 0 Å². The lowest BCUT2D eigenvalue weighted by molar-refractivity contribution is 0.296. The largest absolute Gasteiger partial charge is 0.486 e. The molecule has 3 rings (SSSR count). The van der Waals surface area contributed by atoms with Crippen molar-refractivity contribution >= 4 is 21.4 Å². The standard InChI is InChI=1S/C18H16ClF2N3O3S/c1-2-16(14-8-5-12(20)9-15(14)21)28(25,26)18-22-17(23-24-18)10-27-13-6-3-11(19)4-7-13/h3-9,16H,2,10H2,1H3,(H,22,23,24). The van der Waals surface area contributed by atoms with E-state index in [1.54, 1.807) is 31.2 Å². The van der Waals surface area contributed by atoms with Crippen LogP contribution in [0.15, 0.2) is 47.6 Å². The molecule has 0 bridgehead atoms. The molecule has 6 nitrogen and oxygen atoms in total. The van der Waals surface area contributed by atoms with Gasteiger partial charge in [-0.2, -0.15) is 4.98 Å². The van der Waals surface area contributed by atoms with Crippen LogP contribution in [0.4, 0.5) is 8.78 Å². The number of nitrogens with one attached hydrogen (secondary N) is 1. The zero-order chi connectivity index (χ0) is 20.3. The van der Waals surface area contributed by atoms with Gasteiger partial charge in [-0.25, -0.2) is 17.2 Å². The second-order valence-corrected chi connectivity index (χ2v) is 8.38. The topological polar surface area (TPSA) is 84.9 Å². The van der Waals surface area contributed by atoms with Crippen molar-refractivity contribution < 1.29 is 21.9 Å². The monoisotopic (exact) mass is 427 g/mol. The van der Waals surface area contributed by atoms with Crippen LogP contribution in [0.1, 0.15) is 30.0 Å². The molecule has 1 unspecified atom stereocenters. The van der Waals surface area contributed by atoms with E-state index in [-0.39, 0.29) is 24.4 Å². The molecule has 1 aromatic heterocycles. The third kappa shape index (κ3) is 4.31. The van der Waals surface area contributed by atoms with E-state index >= 15 is 0 Å². The van der Waals surface area contributed by atoms with Crippen molar-refractivity contribution in [2.75, 3.05) is 0 Å². The van der Waals surface area contributed by atoms with E-state index in [0.717, 1.165) is 12.1 Å². The summed E-state index contributed by atoms with van der Waals surface area (Å²) in [4.78, 5) is 3.95. The van der Waals surface area contributed by atoms with Crippen molar-refractivity contribution in [3.63, 3.8) is 0 Å². The molecule has 0 saturated heterocycles. The molecule has 1 heterocycles. The number of H-pyrrole nitrogens is 1. The zero-order valence-corrected chi connectivity index (χ0v) is 16.3. The number of nitrogens with zero attached hydrogens (tertiary/aromatic N) is 2. The fourth-order valence-corrected chi connectivity index (χ4v) is 4.40. The molecule has 0 saturated carbocycles. The number of rotatable bonds is 7. The SMILES string of the molecule is CCC(c1ccc(F)cc1F)S(=O)(=O)c1n[nH]c(COc2ccc(Cl)cc2)n1. The highest BCUT2D eigenvalue weighted by atomic mass is 35.5. The Bertz CT molecular complexity index is 1070. The fourth-order valence-electron chi connectivity index (χ4n) is 2.65. The molecule has 0 radical (unpaired) electrons. The van der Waals surface area contributed by atoms with E-state index in [1.807, 2.05) is 0 Å². The molecule has 10 heteroatoms. The minimum atomic E-state index is -4.10. The lowest BCUT2D eigenvalue weighted by Crippen LogP contribution is -2.16. The Hall–Kier alpha value is -2.52. The molecule has 0 aliphatic heterocycles. The summed E-state index contributed by atoms with van der Waals surface area (Å²) in [6.07, 6.45) is 0.0655. The highest BCUT2D eigenvalue weighted by Gasteiger charge is 2.33. The van der Waals surface area contributed by atoms with E-state index < -0.39 is 31.9 Å². The number of hydrogen-bond acceptors (Lipinski definition) is 5. The second-order valence-electron chi connectivity index (χ2n) is 5.92. The summed E-state index contributed by atoms with van der Waals surface area (Å²) in [6.45, 7) is 1.54. The first-order chi connectivity index (χ1) is 13.3. The first-order valence-corrected chi connectivity index (χ1v) is 10.2. The summed E-state index contributed by atoms with van der Waals surface area (Å²) in [7, 11) is -4.10. The quantitative estimate of drug-likeness (QED) is 0.609. The molecule has 2 aromatic carbocycles. The second kappa shape index (κ2) is 8.24. The van der Waals surface area contributed by atoms with Gasteiger partial charge in [0.05, 0.1) is 5.25 Å². The molecule has 0 fully saturated rings. The summed E-state index contributed by atoms with van der Waals surface area (Å²) >= 11 is 5.80. The Kier molecular flexibility index (Phi) is 5.95. The van der Waals surface area contributed by atoms with Crippen LogP contribution in [0.2, 0.25) is 5.02 Å². The van der Waals surface area contributed by atoms with Crippen molar-refractivity contribution in [2.24, 2.45) is 0 Å². The molecule has 1 N–H and O–H groups in total. The van der Waals surface area contributed by atoms with E-state index in [4.69, 9.17) is 16.3 Å². The van der Waals surface area contributed by atoms with E-state index in [0.29, 0.717) is 16.8 Å². The maximum atomic E-state index is 14.1. The molecule has 148 valence electrons. The summed E-state index contributed by atoms with van der Waals surface area (Å²) in [6, 6.07) is 9.39. The highest BCUT2D eigenvalue weighted by molar-refractivity contribution is 7.91. The molecule has 0 spiro atoms. The average molecular weight is 428 g/mol. The van der Waals surface area contributed by atoms with Gasteiger partial charge < -0.3 is 4.74 Å². The van der Waals surface area contributed by atoms with E-state index in [2.05, 4.69) is 15.2 Å². The number of benzene rings is 2. The maximum Gasteiger partial charge on any atom is 0.267 e.